The van der Waals surface area contributed by atoms with Crippen LogP contribution in [0.4, 0.5) is 0 Å². The maximum Gasteiger partial charge on any atom is 0.253 e. The van der Waals surface area contributed by atoms with Gasteiger partial charge in [-0.2, -0.15) is 0 Å². The quantitative estimate of drug-likeness (QED) is 0.581. The summed E-state index contributed by atoms with van der Waals surface area (Å²) in [7, 11) is -0.975. The van der Waals surface area contributed by atoms with Crippen molar-refractivity contribution >= 4 is 33.4 Å². The van der Waals surface area contributed by atoms with E-state index in [4.69, 9.17) is 21.1 Å². The standard InChI is InChI=1S/C22H26ClN3O6S/c1-13(2)20(22(28)24-11-14-5-8-18-19(9-14)32-12-31-18)25-21(27)16-10-15(6-7-17(16)23)33(29,30)26(3)4/h5-10,13,20H,11-12H2,1-4H3,(H,24,28)(H,25,27). The first kappa shape index (κ1) is 24.8. The van der Waals surface area contributed by atoms with Crippen LogP contribution >= 0.6 is 11.6 Å². The molecule has 0 fully saturated rings. The van der Waals surface area contributed by atoms with Crippen LogP contribution in [0, 0.1) is 5.92 Å². The first-order valence-electron chi connectivity index (χ1n) is 10.2. The third kappa shape index (κ3) is 5.58. The van der Waals surface area contributed by atoms with E-state index in [1.807, 2.05) is 6.07 Å². The average molecular weight is 496 g/mol. The van der Waals surface area contributed by atoms with E-state index in [-0.39, 0.29) is 40.6 Å². The van der Waals surface area contributed by atoms with E-state index in [0.29, 0.717) is 11.5 Å². The van der Waals surface area contributed by atoms with Crippen LogP contribution in [0.25, 0.3) is 0 Å². The zero-order valence-corrected chi connectivity index (χ0v) is 20.3. The average Bonchev–Trinajstić information content (AvgIpc) is 3.23. The molecule has 0 spiro atoms. The van der Waals surface area contributed by atoms with Gasteiger partial charge in [-0.25, -0.2) is 12.7 Å². The van der Waals surface area contributed by atoms with Crippen molar-refractivity contribution in [1.82, 2.24) is 14.9 Å². The Kier molecular flexibility index (Phi) is 7.51. The number of hydrogen-bond donors (Lipinski definition) is 2. The van der Waals surface area contributed by atoms with Crippen LogP contribution in [-0.4, -0.2) is 51.5 Å². The van der Waals surface area contributed by atoms with Crippen molar-refractivity contribution in [2.75, 3.05) is 20.9 Å². The molecule has 11 heteroatoms. The van der Waals surface area contributed by atoms with Crippen LogP contribution in [-0.2, 0) is 21.4 Å². The van der Waals surface area contributed by atoms with Gasteiger partial charge in [-0.1, -0.05) is 31.5 Å². The number of fused-ring (bicyclic) bond motifs is 1. The molecule has 2 aromatic rings. The molecule has 2 aromatic carbocycles. The van der Waals surface area contributed by atoms with Crippen molar-refractivity contribution in [2.45, 2.75) is 31.3 Å². The summed E-state index contributed by atoms with van der Waals surface area (Å²) in [4.78, 5) is 25.7. The number of carbonyl (C=O) groups is 2. The molecule has 178 valence electrons. The maximum atomic E-state index is 12.9. The monoisotopic (exact) mass is 495 g/mol. The molecule has 9 nitrogen and oxygen atoms in total. The summed E-state index contributed by atoms with van der Waals surface area (Å²) in [6, 6.07) is 8.37. The number of amides is 2. The molecule has 0 radical (unpaired) electrons. The summed E-state index contributed by atoms with van der Waals surface area (Å²) < 4.78 is 36.5. The highest BCUT2D eigenvalue weighted by atomic mass is 35.5. The van der Waals surface area contributed by atoms with Crippen LogP contribution in [0.1, 0.15) is 29.8 Å². The smallest absolute Gasteiger partial charge is 0.253 e. The van der Waals surface area contributed by atoms with Gasteiger partial charge in [0.1, 0.15) is 6.04 Å². The van der Waals surface area contributed by atoms with Crippen molar-refractivity contribution in [2.24, 2.45) is 5.92 Å². The van der Waals surface area contributed by atoms with Crippen LogP contribution in [0.15, 0.2) is 41.3 Å². The predicted molar refractivity (Wildman–Crippen MR) is 123 cm³/mol. The molecule has 33 heavy (non-hydrogen) atoms. The number of halogens is 1. The fraction of sp³-hybridized carbons (Fsp3) is 0.364. The van der Waals surface area contributed by atoms with Crippen molar-refractivity contribution in [3.8, 4) is 11.5 Å². The summed E-state index contributed by atoms with van der Waals surface area (Å²) in [6.07, 6.45) is 0. The van der Waals surface area contributed by atoms with Crippen LogP contribution in [0.2, 0.25) is 5.02 Å². The fourth-order valence-corrected chi connectivity index (χ4v) is 4.29. The summed E-state index contributed by atoms with van der Waals surface area (Å²) in [5, 5.41) is 5.56. The number of sulfonamides is 1. The fourth-order valence-electron chi connectivity index (χ4n) is 3.15. The number of hydrogen-bond acceptors (Lipinski definition) is 6. The zero-order chi connectivity index (χ0) is 24.3. The number of benzene rings is 2. The second kappa shape index (κ2) is 9.98. The maximum absolute atomic E-state index is 12.9. The first-order valence-corrected chi connectivity index (χ1v) is 12.0. The number of rotatable bonds is 8. The Morgan fingerprint density at radius 3 is 2.45 bits per heavy atom. The molecule has 1 unspecified atom stereocenters. The van der Waals surface area contributed by atoms with Crippen LogP contribution in [0.5, 0.6) is 11.5 Å². The van der Waals surface area contributed by atoms with E-state index in [1.54, 1.807) is 26.0 Å². The lowest BCUT2D eigenvalue weighted by Gasteiger charge is -2.22. The second-order valence-corrected chi connectivity index (χ2v) is 10.6. The Bertz CT molecular complexity index is 1170. The normalized spacial score (nSPS) is 13.8. The van der Waals surface area contributed by atoms with Gasteiger partial charge in [-0.3, -0.25) is 9.59 Å². The Hall–Kier alpha value is -2.82. The number of ether oxygens (including phenoxy) is 2. The van der Waals surface area contributed by atoms with E-state index in [9.17, 15) is 18.0 Å². The third-order valence-electron chi connectivity index (χ3n) is 5.10. The summed E-state index contributed by atoms with van der Waals surface area (Å²) in [5.41, 5.74) is 0.778. The first-order chi connectivity index (χ1) is 15.5. The molecule has 1 aliphatic heterocycles. The van der Waals surface area contributed by atoms with Crippen LogP contribution < -0.4 is 20.1 Å². The van der Waals surface area contributed by atoms with E-state index in [1.165, 1.54) is 32.3 Å². The Morgan fingerprint density at radius 1 is 1.09 bits per heavy atom. The predicted octanol–water partition coefficient (Wildman–Crippen LogP) is 2.39. The van der Waals surface area contributed by atoms with Gasteiger partial charge in [0, 0.05) is 20.6 Å². The summed E-state index contributed by atoms with van der Waals surface area (Å²) in [5.74, 6) is -0.0134. The minimum Gasteiger partial charge on any atom is -0.454 e. The number of nitrogens with zero attached hydrogens (tertiary/aromatic N) is 1. The molecule has 1 heterocycles. The van der Waals surface area contributed by atoms with Crippen molar-refractivity contribution < 1.29 is 27.5 Å². The molecule has 1 atom stereocenters. The molecular weight excluding hydrogens is 470 g/mol. The minimum absolute atomic E-state index is 0.0335. The topological polar surface area (TPSA) is 114 Å². The van der Waals surface area contributed by atoms with Crippen molar-refractivity contribution in [3.63, 3.8) is 0 Å². The molecular formula is C22H26ClN3O6S. The molecule has 0 saturated carbocycles. The van der Waals surface area contributed by atoms with Gasteiger partial charge in [0.25, 0.3) is 5.91 Å². The summed E-state index contributed by atoms with van der Waals surface area (Å²) in [6.45, 7) is 3.97. The summed E-state index contributed by atoms with van der Waals surface area (Å²) >= 11 is 6.16. The minimum atomic E-state index is -3.76. The molecule has 0 aromatic heterocycles. The third-order valence-corrected chi connectivity index (χ3v) is 7.24. The Labute approximate surface area is 198 Å². The van der Waals surface area contributed by atoms with Gasteiger partial charge in [-0.05, 0) is 41.8 Å². The van der Waals surface area contributed by atoms with Gasteiger partial charge in [-0.15, -0.1) is 0 Å². The zero-order valence-electron chi connectivity index (χ0n) is 18.7. The van der Waals surface area contributed by atoms with Gasteiger partial charge >= 0.3 is 0 Å². The molecule has 1 aliphatic rings. The highest BCUT2D eigenvalue weighted by molar-refractivity contribution is 7.89. The molecule has 3 rings (SSSR count). The van der Waals surface area contributed by atoms with E-state index >= 15 is 0 Å². The molecule has 2 N–H and O–H groups in total. The van der Waals surface area contributed by atoms with Crippen molar-refractivity contribution in [3.05, 3.63) is 52.5 Å². The SMILES string of the molecule is CC(C)C(NC(=O)c1cc(S(=O)(=O)N(C)C)ccc1Cl)C(=O)NCc1ccc2c(c1)OCO2. The molecule has 2 amide bonds. The van der Waals surface area contributed by atoms with E-state index in [2.05, 4.69) is 10.6 Å². The number of carbonyl (C=O) groups excluding carboxylic acids is 2. The molecule has 0 saturated heterocycles. The van der Waals surface area contributed by atoms with Gasteiger partial charge in [0.15, 0.2) is 11.5 Å². The Morgan fingerprint density at radius 2 is 1.79 bits per heavy atom. The van der Waals surface area contributed by atoms with E-state index < -0.39 is 22.0 Å². The van der Waals surface area contributed by atoms with Gasteiger partial charge in [0.2, 0.25) is 22.7 Å². The molecule has 0 bridgehead atoms. The van der Waals surface area contributed by atoms with Gasteiger partial charge in [0.05, 0.1) is 15.5 Å². The Balaban J connectivity index is 1.72. The van der Waals surface area contributed by atoms with E-state index in [0.717, 1.165) is 9.87 Å². The molecule has 0 aliphatic carbocycles. The highest BCUT2D eigenvalue weighted by Gasteiger charge is 2.27. The van der Waals surface area contributed by atoms with Crippen molar-refractivity contribution in [1.29, 1.82) is 0 Å². The lowest BCUT2D eigenvalue weighted by Crippen LogP contribution is -2.49. The number of nitrogens with one attached hydrogen (secondary N) is 2. The highest BCUT2D eigenvalue weighted by Crippen LogP contribution is 2.32. The van der Waals surface area contributed by atoms with Crippen LogP contribution in [0.3, 0.4) is 0 Å². The van der Waals surface area contributed by atoms with Gasteiger partial charge < -0.3 is 20.1 Å². The largest absolute Gasteiger partial charge is 0.454 e. The lowest BCUT2D eigenvalue weighted by molar-refractivity contribution is -0.124. The second-order valence-electron chi connectivity index (χ2n) is 8.03. The lowest BCUT2D eigenvalue weighted by atomic mass is 10.0.